The molecule has 1 aliphatic rings. The molecular weight excluding hydrogens is 252 g/mol. The van der Waals surface area contributed by atoms with Crippen LogP contribution < -0.4 is 10.0 Å². The highest BCUT2D eigenvalue weighted by Gasteiger charge is 2.23. The van der Waals surface area contributed by atoms with Gasteiger partial charge in [0.15, 0.2) is 0 Å². The first-order chi connectivity index (χ1) is 8.62. The van der Waals surface area contributed by atoms with Crippen LogP contribution in [0, 0.1) is 0 Å². The molecule has 1 saturated carbocycles. The smallest absolute Gasteiger partial charge is 0.243 e. The van der Waals surface area contributed by atoms with Crippen molar-refractivity contribution < 1.29 is 8.42 Å². The molecule has 1 fully saturated rings. The van der Waals surface area contributed by atoms with Crippen LogP contribution in [-0.4, -0.2) is 37.8 Å². The van der Waals surface area contributed by atoms with Crippen LogP contribution in [0.1, 0.15) is 25.7 Å². The number of nitrogens with one attached hydrogen (secondary N) is 2. The molecule has 1 aromatic heterocycles. The Bertz CT molecular complexity index is 477. The molecule has 0 amide bonds. The number of rotatable bonds is 6. The maximum Gasteiger partial charge on any atom is 0.243 e. The van der Waals surface area contributed by atoms with E-state index in [0.29, 0.717) is 6.54 Å². The zero-order chi connectivity index (χ0) is 13.0. The second kappa shape index (κ2) is 5.81. The largest absolute Gasteiger partial charge is 0.318 e. The third-order valence-electron chi connectivity index (χ3n) is 3.19. The Hall–Kier alpha value is -0.920. The molecule has 0 aliphatic heterocycles. The molecule has 7 heteroatoms. The molecule has 0 spiro atoms. The Kier molecular flexibility index (Phi) is 4.36. The normalized spacial score (nSPS) is 17.4. The summed E-state index contributed by atoms with van der Waals surface area (Å²) in [4.78, 5) is 0.255. The number of aromatic nitrogens is 2. The van der Waals surface area contributed by atoms with Crippen molar-refractivity contribution in [2.75, 3.05) is 13.6 Å². The molecule has 0 radical (unpaired) electrons. The average molecular weight is 272 g/mol. The van der Waals surface area contributed by atoms with Gasteiger partial charge in [0, 0.05) is 18.8 Å². The van der Waals surface area contributed by atoms with Crippen LogP contribution in [0.2, 0.25) is 0 Å². The first kappa shape index (κ1) is 13.5. The van der Waals surface area contributed by atoms with Gasteiger partial charge in [0.25, 0.3) is 0 Å². The minimum atomic E-state index is -3.40. The molecule has 6 nitrogen and oxygen atoms in total. The van der Waals surface area contributed by atoms with Crippen LogP contribution >= 0.6 is 0 Å². The van der Waals surface area contributed by atoms with E-state index in [1.54, 1.807) is 10.9 Å². The van der Waals surface area contributed by atoms with E-state index in [9.17, 15) is 8.42 Å². The molecule has 0 bridgehead atoms. The van der Waals surface area contributed by atoms with Crippen molar-refractivity contribution in [1.82, 2.24) is 19.8 Å². The fourth-order valence-electron chi connectivity index (χ4n) is 2.16. The zero-order valence-corrected chi connectivity index (χ0v) is 11.4. The first-order valence-corrected chi connectivity index (χ1v) is 7.79. The highest BCUT2D eigenvalue weighted by molar-refractivity contribution is 7.89. The van der Waals surface area contributed by atoms with E-state index < -0.39 is 10.0 Å². The SMILES string of the molecule is CNCCn1cc(S(=O)(=O)NC2CCCC2)cn1. The molecule has 2 N–H and O–H groups in total. The summed E-state index contributed by atoms with van der Waals surface area (Å²) < 4.78 is 28.6. The zero-order valence-electron chi connectivity index (χ0n) is 10.6. The summed E-state index contributed by atoms with van der Waals surface area (Å²) in [6, 6.07) is 0.0932. The summed E-state index contributed by atoms with van der Waals surface area (Å²) in [6.45, 7) is 1.42. The van der Waals surface area contributed by atoms with Crippen LogP contribution in [0.15, 0.2) is 17.3 Å². The molecule has 0 saturated heterocycles. The van der Waals surface area contributed by atoms with E-state index >= 15 is 0 Å². The van der Waals surface area contributed by atoms with Gasteiger partial charge in [0.2, 0.25) is 10.0 Å². The molecule has 0 atom stereocenters. The number of nitrogens with zero attached hydrogens (tertiary/aromatic N) is 2. The van der Waals surface area contributed by atoms with Gasteiger partial charge in [-0.2, -0.15) is 5.10 Å². The summed E-state index contributed by atoms with van der Waals surface area (Å²) in [6.07, 6.45) is 7.07. The highest BCUT2D eigenvalue weighted by atomic mass is 32.2. The first-order valence-electron chi connectivity index (χ1n) is 6.31. The van der Waals surface area contributed by atoms with E-state index in [1.165, 1.54) is 6.20 Å². The predicted molar refractivity (Wildman–Crippen MR) is 68.7 cm³/mol. The summed E-state index contributed by atoms with van der Waals surface area (Å²) in [5.41, 5.74) is 0. The lowest BCUT2D eigenvalue weighted by atomic mass is 10.3. The average Bonchev–Trinajstić information content (AvgIpc) is 2.96. The lowest BCUT2D eigenvalue weighted by molar-refractivity contribution is 0.551. The van der Waals surface area contributed by atoms with Crippen molar-refractivity contribution in [3.05, 3.63) is 12.4 Å². The quantitative estimate of drug-likeness (QED) is 0.782. The maximum atomic E-state index is 12.1. The minimum absolute atomic E-state index is 0.0932. The minimum Gasteiger partial charge on any atom is -0.318 e. The van der Waals surface area contributed by atoms with E-state index in [-0.39, 0.29) is 10.9 Å². The van der Waals surface area contributed by atoms with Gasteiger partial charge in [-0.3, -0.25) is 4.68 Å². The lowest BCUT2D eigenvalue weighted by Gasteiger charge is -2.10. The van der Waals surface area contributed by atoms with E-state index in [2.05, 4.69) is 15.1 Å². The summed E-state index contributed by atoms with van der Waals surface area (Å²) in [5.74, 6) is 0. The van der Waals surface area contributed by atoms with Gasteiger partial charge < -0.3 is 5.32 Å². The highest BCUT2D eigenvalue weighted by Crippen LogP contribution is 2.20. The summed E-state index contributed by atoms with van der Waals surface area (Å²) >= 11 is 0. The van der Waals surface area contributed by atoms with Gasteiger partial charge in [0.1, 0.15) is 4.90 Å². The van der Waals surface area contributed by atoms with Gasteiger partial charge in [-0.15, -0.1) is 0 Å². The van der Waals surface area contributed by atoms with Crippen LogP contribution in [0.3, 0.4) is 0 Å². The Labute approximate surface area is 108 Å². The Morgan fingerprint density at radius 3 is 2.83 bits per heavy atom. The fourth-order valence-corrected chi connectivity index (χ4v) is 3.42. The number of sulfonamides is 1. The number of likely N-dealkylation sites (N-methyl/N-ethyl adjacent to an activating group) is 1. The molecule has 1 aromatic rings. The van der Waals surface area contributed by atoms with Crippen molar-refractivity contribution in [1.29, 1.82) is 0 Å². The topological polar surface area (TPSA) is 76.0 Å². The van der Waals surface area contributed by atoms with Gasteiger partial charge in [-0.25, -0.2) is 13.1 Å². The van der Waals surface area contributed by atoms with Gasteiger partial charge in [-0.05, 0) is 19.9 Å². The van der Waals surface area contributed by atoms with Crippen molar-refractivity contribution in [3.8, 4) is 0 Å². The van der Waals surface area contributed by atoms with Crippen LogP contribution in [0.25, 0.3) is 0 Å². The molecular formula is C11H20N4O2S. The molecule has 0 aromatic carbocycles. The molecule has 1 heterocycles. The molecule has 102 valence electrons. The number of hydrogen-bond donors (Lipinski definition) is 2. The second-order valence-corrected chi connectivity index (χ2v) is 6.36. The Balaban J connectivity index is 2.02. The van der Waals surface area contributed by atoms with Crippen molar-refractivity contribution in [2.24, 2.45) is 0 Å². The maximum absolute atomic E-state index is 12.1. The van der Waals surface area contributed by atoms with Crippen molar-refractivity contribution in [2.45, 2.75) is 43.2 Å². The monoisotopic (exact) mass is 272 g/mol. The molecule has 2 rings (SSSR count). The van der Waals surface area contributed by atoms with Crippen molar-refractivity contribution >= 4 is 10.0 Å². The summed E-state index contributed by atoms with van der Waals surface area (Å²) in [5, 5.41) is 7.05. The van der Waals surface area contributed by atoms with Crippen LogP contribution in [0.5, 0.6) is 0 Å². The van der Waals surface area contributed by atoms with Crippen LogP contribution in [-0.2, 0) is 16.6 Å². The molecule has 1 aliphatic carbocycles. The third-order valence-corrected chi connectivity index (χ3v) is 4.66. The van der Waals surface area contributed by atoms with Gasteiger partial charge in [0.05, 0.1) is 12.7 Å². The standard InChI is InChI=1S/C11H20N4O2S/c1-12-6-7-15-9-11(8-13-15)18(16,17)14-10-4-2-3-5-10/h8-10,12,14H,2-7H2,1H3. The fraction of sp³-hybridized carbons (Fsp3) is 0.727. The van der Waals surface area contributed by atoms with Crippen LogP contribution in [0.4, 0.5) is 0 Å². The van der Waals surface area contributed by atoms with Gasteiger partial charge >= 0.3 is 0 Å². The predicted octanol–water partition coefficient (Wildman–Crippen LogP) is 0.323. The Morgan fingerprint density at radius 2 is 2.17 bits per heavy atom. The van der Waals surface area contributed by atoms with Crippen molar-refractivity contribution in [3.63, 3.8) is 0 Å². The van der Waals surface area contributed by atoms with E-state index in [4.69, 9.17) is 0 Å². The number of hydrogen-bond acceptors (Lipinski definition) is 4. The Morgan fingerprint density at radius 1 is 1.44 bits per heavy atom. The van der Waals surface area contributed by atoms with E-state index in [0.717, 1.165) is 32.2 Å². The van der Waals surface area contributed by atoms with Gasteiger partial charge in [-0.1, -0.05) is 12.8 Å². The molecule has 0 unspecified atom stereocenters. The third kappa shape index (κ3) is 3.30. The van der Waals surface area contributed by atoms with E-state index in [1.807, 2.05) is 7.05 Å². The summed E-state index contributed by atoms with van der Waals surface area (Å²) in [7, 11) is -1.55. The lowest BCUT2D eigenvalue weighted by Crippen LogP contribution is -2.32. The second-order valence-electron chi connectivity index (χ2n) is 4.65. The molecule has 18 heavy (non-hydrogen) atoms.